The minimum Gasteiger partial charge on any atom is -0.204 e. The fourth-order valence-corrected chi connectivity index (χ4v) is 2.64. The van der Waals surface area contributed by atoms with E-state index in [-0.39, 0.29) is 0 Å². The van der Waals surface area contributed by atoms with E-state index in [1.54, 1.807) is 24.3 Å². The van der Waals surface area contributed by atoms with Gasteiger partial charge in [-0.3, -0.25) is 0 Å². The van der Waals surface area contributed by atoms with Crippen LogP contribution in [0.4, 0.5) is 8.78 Å². The van der Waals surface area contributed by atoms with Crippen molar-refractivity contribution in [2.75, 3.05) is 0 Å². The van der Waals surface area contributed by atoms with Crippen molar-refractivity contribution in [1.29, 1.82) is 0 Å². The fraction of sp³-hybridized carbons (Fsp3) is 0.231. The molecule has 0 bridgehead atoms. The molecule has 0 amide bonds. The predicted octanol–water partition coefficient (Wildman–Crippen LogP) is 4.56. The van der Waals surface area contributed by atoms with E-state index in [1.165, 1.54) is 10.9 Å². The van der Waals surface area contributed by atoms with Crippen molar-refractivity contribution in [3.63, 3.8) is 0 Å². The van der Waals surface area contributed by atoms with E-state index < -0.39 is 11.6 Å². The molecule has 0 atom stereocenters. The van der Waals surface area contributed by atoms with Crippen LogP contribution in [0, 0.1) is 18.6 Å². The number of benzene rings is 1. The Morgan fingerprint density at radius 2 is 1.88 bits per heavy atom. The lowest BCUT2D eigenvalue weighted by molar-refractivity contribution is 0.503. The van der Waals surface area contributed by atoms with Gasteiger partial charge in [0.25, 0.3) is 0 Å². The second kappa shape index (κ2) is 4.34. The molecule has 0 spiro atoms. The number of thiophene rings is 1. The van der Waals surface area contributed by atoms with Gasteiger partial charge in [-0.15, -0.1) is 11.3 Å². The molecule has 1 aromatic carbocycles. The molecule has 0 nitrogen and oxygen atoms in total. The van der Waals surface area contributed by atoms with Crippen LogP contribution in [0.1, 0.15) is 17.4 Å². The summed E-state index contributed by atoms with van der Waals surface area (Å²) in [5.74, 6) is -1.53. The summed E-state index contributed by atoms with van der Waals surface area (Å²) in [5.41, 5.74) is 2.19. The lowest BCUT2D eigenvalue weighted by atomic mass is 10.00. The third kappa shape index (κ3) is 1.76. The van der Waals surface area contributed by atoms with Crippen LogP contribution in [0.5, 0.6) is 0 Å². The highest BCUT2D eigenvalue weighted by Gasteiger charge is 2.13. The van der Waals surface area contributed by atoms with Crippen LogP contribution in [-0.4, -0.2) is 0 Å². The maximum absolute atomic E-state index is 13.4. The van der Waals surface area contributed by atoms with Gasteiger partial charge >= 0.3 is 0 Å². The average molecular weight is 238 g/mol. The number of rotatable bonds is 2. The Hall–Kier alpha value is -1.22. The van der Waals surface area contributed by atoms with Gasteiger partial charge < -0.3 is 0 Å². The molecule has 0 aliphatic rings. The van der Waals surface area contributed by atoms with Crippen molar-refractivity contribution in [2.45, 2.75) is 20.3 Å². The van der Waals surface area contributed by atoms with E-state index in [4.69, 9.17) is 0 Å². The molecule has 3 heteroatoms. The van der Waals surface area contributed by atoms with Crippen molar-refractivity contribution in [3.8, 4) is 11.1 Å². The monoisotopic (exact) mass is 238 g/mol. The van der Waals surface area contributed by atoms with Gasteiger partial charge in [0.15, 0.2) is 11.6 Å². The highest BCUT2D eigenvalue weighted by atomic mass is 32.1. The molecule has 0 radical (unpaired) electrons. The molecule has 0 N–H and O–H groups in total. The standard InChI is InChI=1S/C13H12F2S/c1-3-12-10(6-7-16-12)9-4-5-11(14)13(15)8(9)2/h4-7H,3H2,1-2H3. The third-order valence-electron chi connectivity index (χ3n) is 2.70. The smallest absolute Gasteiger partial charge is 0.162 e. The summed E-state index contributed by atoms with van der Waals surface area (Å²) in [4.78, 5) is 1.20. The Morgan fingerprint density at radius 1 is 1.12 bits per heavy atom. The molecule has 0 saturated heterocycles. The van der Waals surface area contributed by atoms with Crippen LogP contribution in [-0.2, 0) is 6.42 Å². The molecule has 16 heavy (non-hydrogen) atoms. The van der Waals surface area contributed by atoms with Crippen LogP contribution < -0.4 is 0 Å². The predicted molar refractivity (Wildman–Crippen MR) is 63.8 cm³/mol. The molecule has 0 aliphatic heterocycles. The van der Waals surface area contributed by atoms with Crippen molar-refractivity contribution in [1.82, 2.24) is 0 Å². The zero-order valence-corrected chi connectivity index (χ0v) is 10.00. The topological polar surface area (TPSA) is 0 Å². The summed E-state index contributed by atoms with van der Waals surface area (Å²) in [6, 6.07) is 4.80. The molecule has 1 heterocycles. The lowest BCUT2D eigenvalue weighted by Gasteiger charge is -2.07. The SMILES string of the molecule is CCc1sccc1-c1ccc(F)c(F)c1C. The van der Waals surface area contributed by atoms with E-state index in [9.17, 15) is 8.78 Å². The molecular weight excluding hydrogens is 226 g/mol. The highest BCUT2D eigenvalue weighted by Crippen LogP contribution is 2.32. The van der Waals surface area contributed by atoms with Crippen molar-refractivity contribution in [2.24, 2.45) is 0 Å². The first-order chi connectivity index (χ1) is 7.65. The molecule has 0 unspecified atom stereocenters. The van der Waals surface area contributed by atoms with Crippen LogP contribution >= 0.6 is 11.3 Å². The Morgan fingerprint density at radius 3 is 2.56 bits per heavy atom. The summed E-state index contributed by atoms with van der Waals surface area (Å²) < 4.78 is 26.5. The number of hydrogen-bond acceptors (Lipinski definition) is 1. The number of aryl methyl sites for hydroxylation is 1. The molecule has 0 aliphatic carbocycles. The normalized spacial score (nSPS) is 10.8. The maximum Gasteiger partial charge on any atom is 0.162 e. The summed E-state index contributed by atoms with van der Waals surface area (Å²) >= 11 is 1.65. The Kier molecular flexibility index (Phi) is 3.06. The van der Waals surface area contributed by atoms with E-state index in [1.807, 2.05) is 11.4 Å². The fourth-order valence-electron chi connectivity index (χ4n) is 1.80. The number of halogens is 2. The van der Waals surface area contributed by atoms with Gasteiger partial charge in [-0.1, -0.05) is 13.0 Å². The van der Waals surface area contributed by atoms with Crippen molar-refractivity contribution >= 4 is 11.3 Å². The van der Waals surface area contributed by atoms with Gasteiger partial charge in [0.2, 0.25) is 0 Å². The van der Waals surface area contributed by atoms with E-state index >= 15 is 0 Å². The van der Waals surface area contributed by atoms with Gasteiger partial charge in [0, 0.05) is 4.88 Å². The Bertz CT molecular complexity index is 515. The first-order valence-corrected chi connectivity index (χ1v) is 6.04. The molecule has 1 aromatic heterocycles. The first-order valence-electron chi connectivity index (χ1n) is 5.16. The quantitative estimate of drug-likeness (QED) is 0.719. The van der Waals surface area contributed by atoms with Crippen molar-refractivity contribution < 1.29 is 8.78 Å². The maximum atomic E-state index is 13.4. The van der Waals surface area contributed by atoms with Gasteiger partial charge in [0.1, 0.15) is 0 Å². The Balaban J connectivity index is 2.61. The lowest BCUT2D eigenvalue weighted by Crippen LogP contribution is -1.93. The first kappa shape index (κ1) is 11.3. The van der Waals surface area contributed by atoms with Gasteiger partial charge in [0.05, 0.1) is 0 Å². The van der Waals surface area contributed by atoms with Crippen LogP contribution in [0.25, 0.3) is 11.1 Å². The largest absolute Gasteiger partial charge is 0.204 e. The molecule has 84 valence electrons. The second-order valence-electron chi connectivity index (χ2n) is 3.64. The minimum atomic E-state index is -0.783. The van der Waals surface area contributed by atoms with Gasteiger partial charge in [-0.25, -0.2) is 8.78 Å². The van der Waals surface area contributed by atoms with Crippen LogP contribution in [0.15, 0.2) is 23.6 Å². The van der Waals surface area contributed by atoms with Crippen molar-refractivity contribution in [3.05, 3.63) is 45.7 Å². The second-order valence-corrected chi connectivity index (χ2v) is 4.65. The summed E-state index contributed by atoms with van der Waals surface area (Å²) in [6.45, 7) is 3.68. The number of hydrogen-bond donors (Lipinski definition) is 0. The molecule has 0 fully saturated rings. The minimum absolute atomic E-state index is 0.383. The Labute approximate surface area is 97.6 Å². The van der Waals surface area contributed by atoms with Gasteiger partial charge in [-0.2, -0.15) is 0 Å². The van der Waals surface area contributed by atoms with Crippen LogP contribution in [0.2, 0.25) is 0 Å². The highest BCUT2D eigenvalue weighted by molar-refractivity contribution is 7.10. The molecule has 0 saturated carbocycles. The molecule has 2 aromatic rings. The van der Waals surface area contributed by atoms with Gasteiger partial charge in [-0.05, 0) is 47.5 Å². The van der Waals surface area contributed by atoms with Crippen LogP contribution in [0.3, 0.4) is 0 Å². The third-order valence-corrected chi connectivity index (χ3v) is 3.76. The molecular formula is C13H12F2S. The zero-order valence-electron chi connectivity index (χ0n) is 9.18. The summed E-state index contributed by atoms with van der Waals surface area (Å²) in [5, 5.41) is 1.98. The summed E-state index contributed by atoms with van der Waals surface area (Å²) in [7, 11) is 0. The van der Waals surface area contributed by atoms with E-state index in [0.717, 1.165) is 17.5 Å². The average Bonchev–Trinajstić information content (AvgIpc) is 2.74. The van der Waals surface area contributed by atoms with E-state index in [0.29, 0.717) is 5.56 Å². The van der Waals surface area contributed by atoms with E-state index in [2.05, 4.69) is 6.92 Å². The summed E-state index contributed by atoms with van der Waals surface area (Å²) in [6.07, 6.45) is 0.908. The zero-order chi connectivity index (χ0) is 11.7. The molecule has 2 rings (SSSR count).